The van der Waals surface area contributed by atoms with Crippen LogP contribution >= 0.6 is 0 Å². The average Bonchev–Trinajstić information content (AvgIpc) is 3.11. The largest absolute Gasteiger partial charge is 0.486 e. The number of anilines is 1. The number of nitrogens with one attached hydrogen (secondary N) is 2. The molecule has 0 aliphatic carbocycles. The minimum absolute atomic E-state index is 0.0182. The lowest BCUT2D eigenvalue weighted by molar-refractivity contribution is -0.126. The van der Waals surface area contributed by atoms with E-state index in [4.69, 9.17) is 14.5 Å². The Balaban J connectivity index is 1.13. The van der Waals surface area contributed by atoms with Gasteiger partial charge in [-0.3, -0.25) is 9.69 Å². The third-order valence-electron chi connectivity index (χ3n) is 6.21. The Morgan fingerprint density at radius 2 is 1.94 bits per heavy atom. The van der Waals surface area contributed by atoms with Gasteiger partial charge in [-0.05, 0) is 37.6 Å². The number of fused-ring (bicyclic) bond motifs is 2. The summed E-state index contributed by atoms with van der Waals surface area (Å²) in [5.41, 5.74) is 2.03. The van der Waals surface area contributed by atoms with Gasteiger partial charge in [-0.2, -0.15) is 0 Å². The first-order valence-electron chi connectivity index (χ1n) is 11.3. The highest BCUT2D eigenvalue weighted by atomic mass is 16.6. The van der Waals surface area contributed by atoms with Gasteiger partial charge < -0.3 is 24.7 Å². The van der Waals surface area contributed by atoms with E-state index in [1.807, 2.05) is 55.5 Å². The number of hydrogen-bond acceptors (Lipinski definition) is 6. The predicted octanol–water partition coefficient (Wildman–Crippen LogP) is 2.42. The van der Waals surface area contributed by atoms with Crippen molar-refractivity contribution in [3.8, 4) is 11.5 Å². The molecule has 5 rings (SSSR count). The van der Waals surface area contributed by atoms with Crippen molar-refractivity contribution in [1.29, 1.82) is 0 Å². The van der Waals surface area contributed by atoms with Gasteiger partial charge in [0, 0.05) is 26.2 Å². The standard InChI is InChI=1S/C24H29N5O3/c1-17(23(30)25-15-18-16-31-21-9-4-5-10-22(21)32-18)28-11-6-12-29(14-13-28)24-26-19-7-2-3-8-20(19)27-24/h2-5,7-10,17-18H,6,11-16H2,1H3,(H,25,30)(H,26,27). The van der Waals surface area contributed by atoms with Gasteiger partial charge in [0.1, 0.15) is 12.7 Å². The fraction of sp³-hybridized carbons (Fsp3) is 0.417. The molecule has 2 aliphatic rings. The van der Waals surface area contributed by atoms with Crippen LogP contribution in [0.1, 0.15) is 13.3 Å². The maximum absolute atomic E-state index is 12.8. The van der Waals surface area contributed by atoms with Crippen LogP contribution in [0.5, 0.6) is 11.5 Å². The van der Waals surface area contributed by atoms with Crippen LogP contribution in [0.3, 0.4) is 0 Å². The monoisotopic (exact) mass is 435 g/mol. The average molecular weight is 436 g/mol. The molecule has 1 fully saturated rings. The van der Waals surface area contributed by atoms with Gasteiger partial charge in [0.25, 0.3) is 0 Å². The van der Waals surface area contributed by atoms with Crippen LogP contribution in [-0.2, 0) is 4.79 Å². The Labute approximate surface area is 187 Å². The summed E-state index contributed by atoms with van der Waals surface area (Å²) in [5.74, 6) is 2.40. The van der Waals surface area contributed by atoms with E-state index in [0.717, 1.165) is 61.1 Å². The second-order valence-corrected chi connectivity index (χ2v) is 8.37. The number of hydrogen-bond donors (Lipinski definition) is 2. The van der Waals surface area contributed by atoms with Crippen molar-refractivity contribution in [3.05, 3.63) is 48.5 Å². The molecule has 0 bridgehead atoms. The number of carbonyl (C=O) groups is 1. The minimum atomic E-state index is -0.206. The molecule has 32 heavy (non-hydrogen) atoms. The van der Waals surface area contributed by atoms with E-state index in [-0.39, 0.29) is 18.1 Å². The molecule has 0 spiro atoms. The molecular weight excluding hydrogens is 406 g/mol. The molecule has 168 valence electrons. The first-order chi connectivity index (χ1) is 15.7. The fourth-order valence-corrected chi connectivity index (χ4v) is 4.32. The lowest BCUT2D eigenvalue weighted by atomic mass is 10.2. The molecular formula is C24H29N5O3. The molecule has 2 atom stereocenters. The van der Waals surface area contributed by atoms with Gasteiger partial charge in [-0.25, -0.2) is 4.98 Å². The summed E-state index contributed by atoms with van der Waals surface area (Å²) in [6, 6.07) is 15.5. The zero-order valence-electron chi connectivity index (χ0n) is 18.3. The number of carbonyl (C=O) groups excluding carboxylic acids is 1. The zero-order valence-corrected chi connectivity index (χ0v) is 18.3. The second kappa shape index (κ2) is 9.08. The van der Waals surface area contributed by atoms with Crippen molar-refractivity contribution in [2.75, 3.05) is 44.2 Å². The van der Waals surface area contributed by atoms with E-state index < -0.39 is 0 Å². The number of nitrogens with zero attached hydrogens (tertiary/aromatic N) is 3. The number of rotatable bonds is 5. The zero-order chi connectivity index (χ0) is 21.9. The Morgan fingerprint density at radius 3 is 2.81 bits per heavy atom. The van der Waals surface area contributed by atoms with E-state index in [1.54, 1.807) is 0 Å². The van der Waals surface area contributed by atoms with E-state index in [0.29, 0.717) is 13.2 Å². The van der Waals surface area contributed by atoms with Gasteiger partial charge in [0.2, 0.25) is 11.9 Å². The van der Waals surface area contributed by atoms with Crippen LogP contribution in [-0.4, -0.2) is 72.3 Å². The molecule has 0 saturated carbocycles. The highest BCUT2D eigenvalue weighted by molar-refractivity contribution is 5.81. The highest BCUT2D eigenvalue weighted by Gasteiger charge is 2.27. The number of aromatic nitrogens is 2. The molecule has 1 amide bonds. The quantitative estimate of drug-likeness (QED) is 0.641. The molecule has 2 aromatic carbocycles. The van der Waals surface area contributed by atoms with Gasteiger partial charge in [-0.15, -0.1) is 0 Å². The van der Waals surface area contributed by atoms with Gasteiger partial charge in [0.05, 0.1) is 23.6 Å². The first-order valence-corrected chi connectivity index (χ1v) is 11.3. The Kier molecular flexibility index (Phi) is 5.85. The third-order valence-corrected chi connectivity index (χ3v) is 6.21. The Morgan fingerprint density at radius 1 is 1.12 bits per heavy atom. The van der Waals surface area contributed by atoms with Crippen LogP contribution in [0.4, 0.5) is 5.95 Å². The molecule has 8 heteroatoms. The first kappa shape index (κ1) is 20.6. The Hall–Kier alpha value is -3.26. The molecule has 0 radical (unpaired) electrons. The molecule has 3 heterocycles. The maximum Gasteiger partial charge on any atom is 0.237 e. The third kappa shape index (κ3) is 4.36. The molecule has 1 aromatic heterocycles. The van der Waals surface area contributed by atoms with Crippen molar-refractivity contribution in [3.63, 3.8) is 0 Å². The molecule has 8 nitrogen and oxygen atoms in total. The summed E-state index contributed by atoms with van der Waals surface area (Å²) in [6.07, 6.45) is 0.791. The highest BCUT2D eigenvalue weighted by Crippen LogP contribution is 2.30. The minimum Gasteiger partial charge on any atom is -0.486 e. The van der Waals surface area contributed by atoms with Crippen molar-refractivity contribution in [1.82, 2.24) is 20.2 Å². The molecule has 2 N–H and O–H groups in total. The predicted molar refractivity (Wildman–Crippen MR) is 123 cm³/mol. The van der Waals surface area contributed by atoms with Crippen LogP contribution in [0, 0.1) is 0 Å². The Bertz CT molecular complexity index is 1050. The number of H-pyrrole nitrogens is 1. The van der Waals surface area contributed by atoms with Crippen molar-refractivity contribution >= 4 is 22.9 Å². The number of benzene rings is 2. The maximum atomic E-state index is 12.8. The van der Waals surface area contributed by atoms with E-state index in [1.165, 1.54) is 0 Å². The summed E-state index contributed by atoms with van der Waals surface area (Å²) >= 11 is 0. The smallest absolute Gasteiger partial charge is 0.237 e. The van der Waals surface area contributed by atoms with Gasteiger partial charge in [-0.1, -0.05) is 24.3 Å². The summed E-state index contributed by atoms with van der Waals surface area (Å²) in [7, 11) is 0. The number of para-hydroxylation sites is 4. The molecule has 2 unspecified atom stereocenters. The summed E-state index contributed by atoms with van der Waals surface area (Å²) in [6.45, 7) is 6.26. The van der Waals surface area contributed by atoms with Crippen LogP contribution in [0.2, 0.25) is 0 Å². The van der Waals surface area contributed by atoms with Crippen LogP contribution in [0.25, 0.3) is 11.0 Å². The summed E-state index contributed by atoms with van der Waals surface area (Å²) in [4.78, 5) is 25.5. The number of ether oxygens (including phenoxy) is 2. The second-order valence-electron chi connectivity index (χ2n) is 8.37. The lowest BCUT2D eigenvalue weighted by Crippen LogP contribution is -2.49. The number of amides is 1. The van der Waals surface area contributed by atoms with Crippen molar-refractivity contribution in [2.45, 2.75) is 25.5 Å². The molecule has 3 aromatic rings. The molecule has 2 aliphatic heterocycles. The molecule has 1 saturated heterocycles. The number of imidazole rings is 1. The van der Waals surface area contributed by atoms with Crippen molar-refractivity contribution in [2.24, 2.45) is 0 Å². The number of aromatic amines is 1. The normalized spacial score (nSPS) is 20.0. The van der Waals surface area contributed by atoms with Crippen LogP contribution in [0.15, 0.2) is 48.5 Å². The topological polar surface area (TPSA) is 82.7 Å². The van der Waals surface area contributed by atoms with Gasteiger partial charge in [0.15, 0.2) is 11.5 Å². The fourth-order valence-electron chi connectivity index (χ4n) is 4.32. The SMILES string of the molecule is CC(C(=O)NCC1COc2ccccc2O1)N1CCCN(c2nc3ccccc3[nH]2)CC1. The lowest BCUT2D eigenvalue weighted by Gasteiger charge is -2.29. The van der Waals surface area contributed by atoms with Gasteiger partial charge >= 0.3 is 0 Å². The summed E-state index contributed by atoms with van der Waals surface area (Å²) < 4.78 is 11.7. The van der Waals surface area contributed by atoms with E-state index >= 15 is 0 Å². The van der Waals surface area contributed by atoms with E-state index in [2.05, 4.69) is 20.1 Å². The van der Waals surface area contributed by atoms with Crippen LogP contribution < -0.4 is 19.7 Å². The summed E-state index contributed by atoms with van der Waals surface area (Å²) in [5, 5.41) is 3.04. The van der Waals surface area contributed by atoms with Crippen molar-refractivity contribution < 1.29 is 14.3 Å². The van der Waals surface area contributed by atoms with E-state index in [9.17, 15) is 4.79 Å².